The Kier molecular flexibility index (Phi) is 2.51. The maximum atomic E-state index is 3.53. The van der Waals surface area contributed by atoms with Crippen molar-refractivity contribution in [3.8, 4) is 11.1 Å². The molecule has 0 atom stereocenters. The van der Waals surface area contributed by atoms with Gasteiger partial charge in [0.2, 0.25) is 0 Å². The van der Waals surface area contributed by atoms with E-state index in [1.54, 1.807) is 11.3 Å². The Morgan fingerprint density at radius 3 is 2.38 bits per heavy atom. The Morgan fingerprint density at radius 1 is 1.15 bits per heavy atom. The van der Waals surface area contributed by atoms with E-state index in [0.29, 0.717) is 0 Å². The summed E-state index contributed by atoms with van der Waals surface area (Å²) in [7, 11) is 0. The van der Waals surface area contributed by atoms with Crippen molar-refractivity contribution >= 4 is 27.3 Å². The van der Waals surface area contributed by atoms with Crippen LogP contribution in [0.1, 0.15) is 5.56 Å². The highest BCUT2D eigenvalue weighted by atomic mass is 79.9. The van der Waals surface area contributed by atoms with Gasteiger partial charge in [-0.15, -0.1) is 11.3 Å². The van der Waals surface area contributed by atoms with Crippen molar-refractivity contribution in [2.24, 2.45) is 0 Å². The third-order valence-corrected chi connectivity index (χ3v) is 4.09. The van der Waals surface area contributed by atoms with Crippen LogP contribution in [0, 0.1) is 6.92 Å². The first-order valence-corrected chi connectivity index (χ1v) is 5.75. The molecule has 1 heterocycles. The second-order valence-electron chi connectivity index (χ2n) is 2.91. The lowest BCUT2D eigenvalue weighted by Gasteiger charge is -1.98. The van der Waals surface area contributed by atoms with Gasteiger partial charge in [0, 0.05) is 5.38 Å². The highest BCUT2D eigenvalue weighted by molar-refractivity contribution is 9.11. The quantitative estimate of drug-likeness (QED) is 0.702. The Bertz CT molecular complexity index is 403. The maximum Gasteiger partial charge on any atom is 0.0733 e. The van der Waals surface area contributed by atoms with Gasteiger partial charge in [-0.05, 0) is 39.5 Å². The zero-order chi connectivity index (χ0) is 9.26. The van der Waals surface area contributed by atoms with Gasteiger partial charge in [-0.2, -0.15) is 0 Å². The van der Waals surface area contributed by atoms with Crippen LogP contribution >= 0.6 is 27.3 Å². The Balaban J connectivity index is 2.53. The van der Waals surface area contributed by atoms with E-state index in [-0.39, 0.29) is 0 Å². The smallest absolute Gasteiger partial charge is 0.0733 e. The summed E-state index contributed by atoms with van der Waals surface area (Å²) in [5, 5.41) is 2.19. The molecule has 0 N–H and O–H groups in total. The van der Waals surface area contributed by atoms with Gasteiger partial charge in [-0.1, -0.05) is 30.3 Å². The third-order valence-electron chi connectivity index (χ3n) is 2.06. The van der Waals surface area contributed by atoms with Gasteiger partial charge in [-0.25, -0.2) is 0 Å². The van der Waals surface area contributed by atoms with Gasteiger partial charge in [0.05, 0.1) is 3.79 Å². The van der Waals surface area contributed by atoms with E-state index in [0.717, 1.165) is 0 Å². The molecule has 2 rings (SSSR count). The number of rotatable bonds is 1. The van der Waals surface area contributed by atoms with Gasteiger partial charge >= 0.3 is 0 Å². The van der Waals surface area contributed by atoms with Crippen molar-refractivity contribution in [3.63, 3.8) is 0 Å². The Labute approximate surface area is 90.4 Å². The minimum Gasteiger partial charge on any atom is -0.136 e. The molecule has 0 unspecified atom stereocenters. The molecule has 0 aliphatic rings. The monoisotopic (exact) mass is 252 g/mol. The maximum absolute atomic E-state index is 3.53. The Hall–Kier alpha value is -0.600. The standard InChI is InChI=1S/C11H9BrS/c1-8-10(7-13-11(8)12)9-5-3-2-4-6-9/h2-7H,1H3. The zero-order valence-electron chi connectivity index (χ0n) is 7.25. The van der Waals surface area contributed by atoms with Crippen LogP contribution in [0.15, 0.2) is 39.5 Å². The molecule has 0 radical (unpaired) electrons. The number of halogens is 1. The van der Waals surface area contributed by atoms with E-state index in [2.05, 4.69) is 52.5 Å². The fourth-order valence-electron chi connectivity index (χ4n) is 1.30. The van der Waals surface area contributed by atoms with E-state index < -0.39 is 0 Å². The summed E-state index contributed by atoms with van der Waals surface area (Å²) in [4.78, 5) is 0. The normalized spacial score (nSPS) is 10.3. The van der Waals surface area contributed by atoms with Crippen LogP contribution in [0.5, 0.6) is 0 Å². The van der Waals surface area contributed by atoms with Crippen LogP contribution < -0.4 is 0 Å². The number of hydrogen-bond acceptors (Lipinski definition) is 1. The molecule has 0 nitrogen and oxygen atoms in total. The summed E-state index contributed by atoms with van der Waals surface area (Å²) in [6.07, 6.45) is 0. The molecular formula is C11H9BrS. The third kappa shape index (κ3) is 1.69. The van der Waals surface area contributed by atoms with E-state index in [1.165, 1.54) is 20.5 Å². The van der Waals surface area contributed by atoms with Crippen molar-refractivity contribution in [3.05, 3.63) is 45.1 Å². The van der Waals surface area contributed by atoms with Gasteiger partial charge in [0.25, 0.3) is 0 Å². The molecule has 0 spiro atoms. The summed E-state index contributed by atoms with van der Waals surface area (Å²) in [5.41, 5.74) is 3.95. The van der Waals surface area contributed by atoms with Crippen LogP contribution in [-0.2, 0) is 0 Å². The summed E-state index contributed by atoms with van der Waals surface area (Å²) >= 11 is 5.27. The van der Waals surface area contributed by atoms with Crippen LogP contribution in [0.25, 0.3) is 11.1 Å². The molecule has 0 saturated heterocycles. The minimum absolute atomic E-state index is 1.23. The summed E-state index contributed by atoms with van der Waals surface area (Å²) in [6.45, 7) is 2.14. The van der Waals surface area contributed by atoms with Crippen molar-refractivity contribution in [2.45, 2.75) is 6.92 Å². The summed E-state index contributed by atoms with van der Waals surface area (Å²) in [6, 6.07) is 10.5. The lowest BCUT2D eigenvalue weighted by atomic mass is 10.1. The lowest BCUT2D eigenvalue weighted by Crippen LogP contribution is -1.75. The molecule has 13 heavy (non-hydrogen) atoms. The predicted molar refractivity (Wildman–Crippen MR) is 62.2 cm³/mol. The molecule has 1 aromatic carbocycles. The molecule has 1 aromatic heterocycles. The minimum atomic E-state index is 1.23. The van der Waals surface area contributed by atoms with Crippen molar-refractivity contribution in [1.82, 2.24) is 0 Å². The Morgan fingerprint density at radius 2 is 1.85 bits per heavy atom. The van der Waals surface area contributed by atoms with E-state index in [9.17, 15) is 0 Å². The fraction of sp³-hybridized carbons (Fsp3) is 0.0909. The highest BCUT2D eigenvalue weighted by Crippen LogP contribution is 2.34. The summed E-state index contributed by atoms with van der Waals surface area (Å²) in [5.74, 6) is 0. The molecule has 2 heteroatoms. The van der Waals surface area contributed by atoms with E-state index in [1.807, 2.05) is 6.07 Å². The second kappa shape index (κ2) is 3.64. The largest absolute Gasteiger partial charge is 0.136 e. The van der Waals surface area contributed by atoms with Crippen molar-refractivity contribution < 1.29 is 0 Å². The molecule has 66 valence electrons. The molecule has 0 amide bonds. The lowest BCUT2D eigenvalue weighted by molar-refractivity contribution is 1.51. The molecule has 0 fully saturated rings. The molecule has 0 aliphatic carbocycles. The predicted octanol–water partition coefficient (Wildman–Crippen LogP) is 4.49. The van der Waals surface area contributed by atoms with Crippen LogP contribution in [0.2, 0.25) is 0 Å². The molecule has 2 aromatic rings. The first-order chi connectivity index (χ1) is 6.29. The number of benzene rings is 1. The van der Waals surface area contributed by atoms with Gasteiger partial charge in [0.1, 0.15) is 0 Å². The molecule has 0 bridgehead atoms. The highest BCUT2D eigenvalue weighted by Gasteiger charge is 2.05. The van der Waals surface area contributed by atoms with Crippen LogP contribution in [0.3, 0.4) is 0 Å². The zero-order valence-corrected chi connectivity index (χ0v) is 9.65. The van der Waals surface area contributed by atoms with E-state index >= 15 is 0 Å². The van der Waals surface area contributed by atoms with Crippen LogP contribution in [-0.4, -0.2) is 0 Å². The first-order valence-electron chi connectivity index (χ1n) is 4.08. The van der Waals surface area contributed by atoms with Gasteiger partial charge in [0.15, 0.2) is 0 Å². The van der Waals surface area contributed by atoms with Gasteiger partial charge < -0.3 is 0 Å². The first kappa shape index (κ1) is 8.97. The van der Waals surface area contributed by atoms with Crippen molar-refractivity contribution in [2.75, 3.05) is 0 Å². The number of hydrogen-bond donors (Lipinski definition) is 0. The topological polar surface area (TPSA) is 0 Å². The van der Waals surface area contributed by atoms with Crippen LogP contribution in [0.4, 0.5) is 0 Å². The van der Waals surface area contributed by atoms with Gasteiger partial charge in [-0.3, -0.25) is 0 Å². The van der Waals surface area contributed by atoms with Crippen molar-refractivity contribution in [1.29, 1.82) is 0 Å². The van der Waals surface area contributed by atoms with E-state index in [4.69, 9.17) is 0 Å². The summed E-state index contributed by atoms with van der Waals surface area (Å²) < 4.78 is 1.23. The molecule has 0 saturated carbocycles. The SMILES string of the molecule is Cc1c(-c2ccccc2)csc1Br. The average molecular weight is 253 g/mol. The molecule has 0 aliphatic heterocycles. The molecular weight excluding hydrogens is 244 g/mol. The fourth-order valence-corrected chi connectivity index (χ4v) is 2.61. The average Bonchev–Trinajstić information content (AvgIpc) is 2.49. The second-order valence-corrected chi connectivity index (χ2v) is 5.11. The number of thiophene rings is 1.